The summed E-state index contributed by atoms with van der Waals surface area (Å²) in [6, 6.07) is 4.60. The molecule has 102 valence electrons. The van der Waals surface area contributed by atoms with Gasteiger partial charge in [0.05, 0.1) is 0 Å². The van der Waals surface area contributed by atoms with Crippen molar-refractivity contribution in [3.8, 4) is 0 Å². The van der Waals surface area contributed by atoms with E-state index in [-0.39, 0.29) is 0 Å². The SMILES string of the molecule is CCN(Cc1ccncc1)C(CN)CC(C)(C)C. The monoisotopic (exact) mass is 249 g/mol. The number of hydrogen-bond acceptors (Lipinski definition) is 3. The number of nitrogens with zero attached hydrogens (tertiary/aromatic N) is 2. The van der Waals surface area contributed by atoms with Gasteiger partial charge in [-0.05, 0) is 36.1 Å². The van der Waals surface area contributed by atoms with E-state index in [0.717, 1.165) is 26.1 Å². The third-order valence-corrected chi connectivity index (χ3v) is 3.18. The summed E-state index contributed by atoms with van der Waals surface area (Å²) in [5.41, 5.74) is 7.58. The molecular formula is C15H27N3. The zero-order valence-electron chi connectivity index (χ0n) is 12.2. The van der Waals surface area contributed by atoms with Gasteiger partial charge in [0.25, 0.3) is 0 Å². The fourth-order valence-electron chi connectivity index (χ4n) is 2.29. The van der Waals surface area contributed by atoms with Crippen molar-refractivity contribution >= 4 is 0 Å². The second-order valence-corrected chi connectivity index (χ2v) is 6.07. The maximum atomic E-state index is 5.96. The molecule has 1 heterocycles. The number of rotatable bonds is 6. The van der Waals surface area contributed by atoms with Gasteiger partial charge in [-0.25, -0.2) is 0 Å². The van der Waals surface area contributed by atoms with Crippen LogP contribution >= 0.6 is 0 Å². The predicted molar refractivity (Wildman–Crippen MR) is 77.2 cm³/mol. The first-order valence-electron chi connectivity index (χ1n) is 6.79. The Hall–Kier alpha value is -0.930. The molecule has 0 radical (unpaired) electrons. The lowest BCUT2D eigenvalue weighted by molar-refractivity contribution is 0.152. The number of pyridine rings is 1. The summed E-state index contributed by atoms with van der Waals surface area (Å²) in [6.07, 6.45) is 4.83. The van der Waals surface area contributed by atoms with E-state index in [1.165, 1.54) is 5.56 Å². The van der Waals surface area contributed by atoms with Gasteiger partial charge in [-0.3, -0.25) is 9.88 Å². The Labute approximate surface area is 111 Å². The first-order chi connectivity index (χ1) is 8.46. The molecule has 0 spiro atoms. The molecule has 0 fully saturated rings. The maximum absolute atomic E-state index is 5.96. The van der Waals surface area contributed by atoms with Gasteiger partial charge in [0.15, 0.2) is 0 Å². The summed E-state index contributed by atoms with van der Waals surface area (Å²) in [5.74, 6) is 0. The molecule has 2 N–H and O–H groups in total. The van der Waals surface area contributed by atoms with Gasteiger partial charge in [0.2, 0.25) is 0 Å². The molecule has 18 heavy (non-hydrogen) atoms. The highest BCUT2D eigenvalue weighted by molar-refractivity contribution is 5.09. The van der Waals surface area contributed by atoms with Crippen molar-refractivity contribution in [2.75, 3.05) is 13.1 Å². The molecule has 1 aromatic heterocycles. The summed E-state index contributed by atoms with van der Waals surface area (Å²) in [6.45, 7) is 11.7. The summed E-state index contributed by atoms with van der Waals surface area (Å²) in [5, 5.41) is 0. The number of nitrogens with two attached hydrogens (primary N) is 1. The minimum atomic E-state index is 0.315. The molecule has 0 bridgehead atoms. The lowest BCUT2D eigenvalue weighted by atomic mass is 9.87. The second kappa shape index (κ2) is 6.86. The van der Waals surface area contributed by atoms with E-state index in [1.807, 2.05) is 12.4 Å². The van der Waals surface area contributed by atoms with E-state index in [0.29, 0.717) is 11.5 Å². The molecule has 0 aliphatic rings. The van der Waals surface area contributed by atoms with Crippen LogP contribution in [0.1, 0.15) is 39.7 Å². The standard InChI is InChI=1S/C15H27N3/c1-5-18(12-13-6-8-17-9-7-13)14(11-16)10-15(2,3)4/h6-9,14H,5,10-12,16H2,1-4H3. The smallest absolute Gasteiger partial charge is 0.0271 e. The molecule has 0 saturated heterocycles. The minimum Gasteiger partial charge on any atom is -0.329 e. The molecule has 0 saturated carbocycles. The third kappa shape index (κ3) is 5.15. The summed E-state index contributed by atoms with van der Waals surface area (Å²) < 4.78 is 0. The van der Waals surface area contributed by atoms with E-state index in [9.17, 15) is 0 Å². The van der Waals surface area contributed by atoms with Gasteiger partial charge < -0.3 is 5.73 Å². The van der Waals surface area contributed by atoms with Crippen molar-refractivity contribution < 1.29 is 0 Å². The van der Waals surface area contributed by atoms with Crippen LogP contribution in [-0.4, -0.2) is 29.0 Å². The summed E-state index contributed by atoms with van der Waals surface area (Å²) in [7, 11) is 0. The number of likely N-dealkylation sites (N-methyl/N-ethyl adjacent to an activating group) is 1. The van der Waals surface area contributed by atoms with E-state index >= 15 is 0 Å². The minimum absolute atomic E-state index is 0.315. The largest absolute Gasteiger partial charge is 0.329 e. The molecule has 3 heteroatoms. The average Bonchev–Trinajstić information content (AvgIpc) is 2.33. The highest BCUT2D eigenvalue weighted by Crippen LogP contribution is 2.24. The highest BCUT2D eigenvalue weighted by atomic mass is 15.2. The van der Waals surface area contributed by atoms with Gasteiger partial charge in [-0.2, -0.15) is 0 Å². The van der Waals surface area contributed by atoms with Crippen LogP contribution in [0.4, 0.5) is 0 Å². The van der Waals surface area contributed by atoms with Crippen molar-refractivity contribution in [2.45, 2.75) is 46.7 Å². The van der Waals surface area contributed by atoms with Gasteiger partial charge in [-0.1, -0.05) is 27.7 Å². The third-order valence-electron chi connectivity index (χ3n) is 3.18. The van der Waals surface area contributed by atoms with Crippen molar-refractivity contribution in [2.24, 2.45) is 11.1 Å². The molecule has 0 aromatic carbocycles. The quantitative estimate of drug-likeness (QED) is 0.843. The molecule has 3 nitrogen and oxygen atoms in total. The average molecular weight is 249 g/mol. The van der Waals surface area contributed by atoms with Crippen molar-refractivity contribution in [1.82, 2.24) is 9.88 Å². The molecular weight excluding hydrogens is 222 g/mol. The first kappa shape index (κ1) is 15.1. The molecule has 0 aliphatic heterocycles. The van der Waals surface area contributed by atoms with Crippen LogP contribution < -0.4 is 5.73 Å². The molecule has 1 aromatic rings. The van der Waals surface area contributed by atoms with E-state index in [4.69, 9.17) is 5.73 Å². The Morgan fingerprint density at radius 2 is 1.89 bits per heavy atom. The van der Waals surface area contributed by atoms with E-state index in [1.54, 1.807) is 0 Å². The van der Waals surface area contributed by atoms with Crippen molar-refractivity contribution in [1.29, 1.82) is 0 Å². The van der Waals surface area contributed by atoms with E-state index < -0.39 is 0 Å². The van der Waals surface area contributed by atoms with Crippen LogP contribution in [0.2, 0.25) is 0 Å². The van der Waals surface area contributed by atoms with Crippen LogP contribution in [0, 0.1) is 5.41 Å². The number of hydrogen-bond donors (Lipinski definition) is 1. The fourth-order valence-corrected chi connectivity index (χ4v) is 2.29. The van der Waals surface area contributed by atoms with Gasteiger partial charge >= 0.3 is 0 Å². The molecule has 1 unspecified atom stereocenters. The lowest BCUT2D eigenvalue weighted by Crippen LogP contribution is -2.42. The summed E-state index contributed by atoms with van der Waals surface area (Å²) in [4.78, 5) is 6.52. The normalized spacial score (nSPS) is 13.9. The predicted octanol–water partition coefficient (Wildman–Crippen LogP) is 2.67. The van der Waals surface area contributed by atoms with Crippen LogP contribution in [0.25, 0.3) is 0 Å². The van der Waals surface area contributed by atoms with Crippen molar-refractivity contribution in [3.63, 3.8) is 0 Å². The Balaban J connectivity index is 2.69. The van der Waals surface area contributed by atoms with Crippen LogP contribution in [-0.2, 0) is 6.54 Å². The van der Waals surface area contributed by atoms with Crippen molar-refractivity contribution in [3.05, 3.63) is 30.1 Å². The highest BCUT2D eigenvalue weighted by Gasteiger charge is 2.22. The Bertz CT molecular complexity index is 329. The number of aromatic nitrogens is 1. The molecule has 1 rings (SSSR count). The second-order valence-electron chi connectivity index (χ2n) is 6.07. The van der Waals surface area contributed by atoms with Gasteiger partial charge in [0.1, 0.15) is 0 Å². The topological polar surface area (TPSA) is 42.2 Å². The molecule has 0 aliphatic carbocycles. The van der Waals surface area contributed by atoms with Crippen LogP contribution in [0.15, 0.2) is 24.5 Å². The van der Waals surface area contributed by atoms with Crippen LogP contribution in [0.3, 0.4) is 0 Å². The first-order valence-corrected chi connectivity index (χ1v) is 6.79. The Kier molecular flexibility index (Phi) is 5.76. The fraction of sp³-hybridized carbons (Fsp3) is 0.667. The Morgan fingerprint density at radius 3 is 2.33 bits per heavy atom. The molecule has 1 atom stereocenters. The molecule has 0 amide bonds. The van der Waals surface area contributed by atoms with E-state index in [2.05, 4.69) is 49.7 Å². The van der Waals surface area contributed by atoms with Crippen LogP contribution in [0.5, 0.6) is 0 Å². The van der Waals surface area contributed by atoms with Gasteiger partial charge in [0, 0.05) is 31.5 Å². The maximum Gasteiger partial charge on any atom is 0.0271 e. The summed E-state index contributed by atoms with van der Waals surface area (Å²) >= 11 is 0. The van der Waals surface area contributed by atoms with Gasteiger partial charge in [-0.15, -0.1) is 0 Å². The zero-order chi connectivity index (χ0) is 13.6. The Morgan fingerprint density at radius 1 is 1.28 bits per heavy atom. The zero-order valence-corrected chi connectivity index (χ0v) is 12.2. The lowest BCUT2D eigenvalue weighted by Gasteiger charge is -2.34.